The molecule has 5 nitrogen and oxygen atoms in total. The highest BCUT2D eigenvalue weighted by atomic mass is 35.5. The van der Waals surface area contributed by atoms with Gasteiger partial charge < -0.3 is 11.1 Å². The van der Waals surface area contributed by atoms with E-state index >= 15 is 0 Å². The summed E-state index contributed by atoms with van der Waals surface area (Å²) in [6.45, 7) is 0. The quantitative estimate of drug-likeness (QED) is 0.548. The first-order chi connectivity index (χ1) is 8.32. The molecular weight excluding hydrogens is 285 g/mol. The molecule has 1 rings (SSSR count). The Labute approximate surface area is 113 Å². The topological polar surface area (TPSA) is 79.5 Å². The van der Waals surface area contributed by atoms with Crippen molar-refractivity contribution < 1.29 is 18.0 Å². The predicted octanol–water partition coefficient (Wildman–Crippen LogP) is 2.19. The molecule has 0 heterocycles. The van der Waals surface area contributed by atoms with Crippen LogP contribution in [0.1, 0.15) is 5.56 Å². The van der Waals surface area contributed by atoms with Gasteiger partial charge in [0.25, 0.3) is 0 Å². The minimum atomic E-state index is -4.40. The molecular formula is C10H12ClF3N4O. The molecule has 0 aliphatic rings. The molecule has 19 heavy (non-hydrogen) atoms. The third kappa shape index (κ3) is 5.47. The number of aliphatic imine (C=N–C) groups is 1. The third-order valence-corrected chi connectivity index (χ3v) is 1.95. The summed E-state index contributed by atoms with van der Waals surface area (Å²) in [5, 5.41) is 4.49. The normalized spacial score (nSPS) is 11.5. The number of hydrogen-bond donors (Lipinski definition) is 3. The van der Waals surface area contributed by atoms with Gasteiger partial charge in [0.2, 0.25) is 0 Å². The van der Waals surface area contributed by atoms with Crippen molar-refractivity contribution in [2.45, 2.75) is 6.18 Å². The van der Waals surface area contributed by atoms with E-state index < -0.39 is 17.8 Å². The number of nitrogens with zero attached hydrogens (tertiary/aromatic N) is 1. The molecule has 2 amide bonds. The number of urea groups is 1. The highest BCUT2D eigenvalue weighted by Crippen LogP contribution is 2.29. The van der Waals surface area contributed by atoms with Crippen LogP contribution in [0.2, 0.25) is 0 Å². The molecule has 1 aromatic rings. The molecule has 0 unspecified atom stereocenters. The van der Waals surface area contributed by atoms with Crippen LogP contribution in [0.4, 0.5) is 23.7 Å². The van der Waals surface area contributed by atoms with Crippen LogP contribution in [0.3, 0.4) is 0 Å². The number of nitrogens with one attached hydrogen (secondary N) is 2. The van der Waals surface area contributed by atoms with E-state index in [1.807, 2.05) is 0 Å². The fourth-order valence-corrected chi connectivity index (χ4v) is 1.08. The number of hydrogen-bond acceptors (Lipinski definition) is 2. The van der Waals surface area contributed by atoms with Gasteiger partial charge in [0.15, 0.2) is 5.96 Å². The smallest absolute Gasteiger partial charge is 0.370 e. The van der Waals surface area contributed by atoms with Crippen molar-refractivity contribution in [3.05, 3.63) is 29.8 Å². The number of carbonyl (C=O) groups excluding carboxylic acids is 1. The summed E-state index contributed by atoms with van der Waals surface area (Å²) in [5.74, 6) is -0.0978. The highest BCUT2D eigenvalue weighted by Gasteiger charge is 2.29. The zero-order valence-electron chi connectivity index (χ0n) is 9.78. The summed E-state index contributed by atoms with van der Waals surface area (Å²) in [6.07, 6.45) is -4.40. The summed E-state index contributed by atoms with van der Waals surface area (Å²) >= 11 is 0. The van der Waals surface area contributed by atoms with Crippen LogP contribution < -0.4 is 16.4 Å². The van der Waals surface area contributed by atoms with Gasteiger partial charge >= 0.3 is 12.2 Å². The van der Waals surface area contributed by atoms with Gasteiger partial charge in [-0.05, 0) is 24.3 Å². The molecule has 0 saturated carbocycles. The van der Waals surface area contributed by atoms with E-state index in [9.17, 15) is 18.0 Å². The van der Waals surface area contributed by atoms with Gasteiger partial charge in [0.05, 0.1) is 5.56 Å². The van der Waals surface area contributed by atoms with E-state index in [1.165, 1.54) is 7.05 Å². The van der Waals surface area contributed by atoms with E-state index in [1.54, 1.807) is 0 Å². The van der Waals surface area contributed by atoms with Gasteiger partial charge in [-0.25, -0.2) is 4.79 Å². The summed E-state index contributed by atoms with van der Waals surface area (Å²) in [4.78, 5) is 14.7. The lowest BCUT2D eigenvalue weighted by atomic mass is 10.2. The minimum absolute atomic E-state index is 0. The first-order valence-electron chi connectivity index (χ1n) is 4.80. The summed E-state index contributed by atoms with van der Waals surface area (Å²) in [6, 6.07) is 3.33. The Morgan fingerprint density at radius 3 is 2.21 bits per heavy atom. The van der Waals surface area contributed by atoms with E-state index in [-0.39, 0.29) is 24.1 Å². The molecule has 0 spiro atoms. The zero-order chi connectivity index (χ0) is 13.8. The van der Waals surface area contributed by atoms with Gasteiger partial charge in [-0.3, -0.25) is 10.3 Å². The van der Waals surface area contributed by atoms with Crippen molar-refractivity contribution in [1.82, 2.24) is 5.32 Å². The molecule has 0 aliphatic carbocycles. The number of nitrogens with two attached hydrogens (primary N) is 1. The van der Waals surface area contributed by atoms with E-state index in [0.29, 0.717) is 0 Å². The maximum Gasteiger partial charge on any atom is 0.416 e. The van der Waals surface area contributed by atoms with Crippen LogP contribution >= 0.6 is 12.4 Å². The van der Waals surface area contributed by atoms with Crippen LogP contribution in [-0.2, 0) is 6.18 Å². The Bertz CT molecular complexity index is 459. The lowest BCUT2D eigenvalue weighted by Gasteiger charge is -2.09. The number of amides is 2. The van der Waals surface area contributed by atoms with Crippen molar-refractivity contribution in [3.8, 4) is 0 Å². The molecule has 0 aromatic heterocycles. The standard InChI is InChI=1S/C10H11F3N4O.ClH/c1-15-8(14)17-9(18)16-7-4-2-6(3-5-7)10(11,12)13;/h2-5H,1H3,(H4,14,15,16,17,18);1H. The van der Waals surface area contributed by atoms with Gasteiger partial charge in [0, 0.05) is 12.7 Å². The molecule has 0 aliphatic heterocycles. The lowest BCUT2D eigenvalue weighted by molar-refractivity contribution is -0.137. The van der Waals surface area contributed by atoms with Crippen LogP contribution in [0.25, 0.3) is 0 Å². The molecule has 0 radical (unpaired) electrons. The van der Waals surface area contributed by atoms with Crippen molar-refractivity contribution >= 4 is 30.1 Å². The Kier molecular flexibility index (Phi) is 6.13. The van der Waals surface area contributed by atoms with Crippen LogP contribution in [0.15, 0.2) is 29.3 Å². The van der Waals surface area contributed by atoms with E-state index in [2.05, 4.69) is 15.6 Å². The number of halogens is 4. The molecule has 106 valence electrons. The second-order valence-electron chi connectivity index (χ2n) is 3.26. The largest absolute Gasteiger partial charge is 0.416 e. The fraction of sp³-hybridized carbons (Fsp3) is 0.200. The fourth-order valence-electron chi connectivity index (χ4n) is 1.08. The van der Waals surface area contributed by atoms with Gasteiger partial charge in [-0.15, -0.1) is 12.4 Å². The molecule has 9 heteroatoms. The Balaban J connectivity index is 0.00000324. The number of anilines is 1. The SMILES string of the molecule is CN=C(N)NC(=O)Nc1ccc(C(F)(F)F)cc1.Cl. The van der Waals surface area contributed by atoms with E-state index in [0.717, 1.165) is 24.3 Å². The van der Waals surface area contributed by atoms with Crippen LogP contribution in [0.5, 0.6) is 0 Å². The summed E-state index contributed by atoms with van der Waals surface area (Å²) in [5.41, 5.74) is 4.66. The van der Waals surface area contributed by atoms with E-state index in [4.69, 9.17) is 5.73 Å². The number of carbonyl (C=O) groups is 1. The minimum Gasteiger partial charge on any atom is -0.370 e. The average molecular weight is 297 g/mol. The predicted molar refractivity (Wildman–Crippen MR) is 68.4 cm³/mol. The monoisotopic (exact) mass is 296 g/mol. The molecule has 0 bridgehead atoms. The van der Waals surface area contributed by atoms with Crippen LogP contribution in [0, 0.1) is 0 Å². The van der Waals surface area contributed by atoms with Crippen LogP contribution in [-0.4, -0.2) is 19.0 Å². The van der Waals surface area contributed by atoms with Gasteiger partial charge in [-0.1, -0.05) is 0 Å². The molecule has 1 aromatic carbocycles. The lowest BCUT2D eigenvalue weighted by Crippen LogP contribution is -2.39. The second-order valence-corrected chi connectivity index (χ2v) is 3.26. The summed E-state index contributed by atoms with van der Waals surface area (Å²) in [7, 11) is 1.38. The van der Waals surface area contributed by atoms with Gasteiger partial charge in [0.1, 0.15) is 0 Å². The molecule has 0 saturated heterocycles. The summed E-state index contributed by atoms with van der Waals surface area (Å²) < 4.78 is 36.8. The van der Waals surface area contributed by atoms with Crippen molar-refractivity contribution in [3.63, 3.8) is 0 Å². The third-order valence-electron chi connectivity index (χ3n) is 1.95. The molecule has 4 N–H and O–H groups in total. The number of benzene rings is 1. The maximum atomic E-state index is 12.3. The Hall–Kier alpha value is -1.96. The zero-order valence-corrected chi connectivity index (χ0v) is 10.6. The van der Waals surface area contributed by atoms with Crippen molar-refractivity contribution in [1.29, 1.82) is 0 Å². The van der Waals surface area contributed by atoms with Gasteiger partial charge in [-0.2, -0.15) is 13.2 Å². The maximum absolute atomic E-state index is 12.3. The van der Waals surface area contributed by atoms with Crippen molar-refractivity contribution in [2.75, 3.05) is 12.4 Å². The number of alkyl halides is 3. The Morgan fingerprint density at radius 2 is 1.79 bits per heavy atom. The molecule has 0 atom stereocenters. The first kappa shape index (κ1) is 17.0. The molecule has 0 fully saturated rings. The Morgan fingerprint density at radius 1 is 1.26 bits per heavy atom. The highest BCUT2D eigenvalue weighted by molar-refractivity contribution is 6.01. The number of rotatable bonds is 1. The van der Waals surface area contributed by atoms with Crippen molar-refractivity contribution in [2.24, 2.45) is 10.7 Å². The first-order valence-corrected chi connectivity index (χ1v) is 4.80. The average Bonchev–Trinajstić information content (AvgIpc) is 2.28. The second kappa shape index (κ2) is 6.83. The number of guanidine groups is 1.